The number of para-hydroxylation sites is 1. The Kier molecular flexibility index (Phi) is 6.62. The zero-order valence-electron chi connectivity index (χ0n) is 15.6. The molecule has 0 aliphatic carbocycles. The first-order chi connectivity index (χ1) is 14.0. The lowest BCUT2D eigenvalue weighted by molar-refractivity contribution is 0.140. The molecule has 0 atom stereocenters. The molecule has 0 aliphatic rings. The van der Waals surface area contributed by atoms with Gasteiger partial charge in [0.15, 0.2) is 0 Å². The van der Waals surface area contributed by atoms with Gasteiger partial charge in [-0.3, -0.25) is 0 Å². The summed E-state index contributed by atoms with van der Waals surface area (Å²) in [4.78, 5) is 4.54. The average Bonchev–Trinajstić information content (AvgIpc) is 2.74. The second kappa shape index (κ2) is 9.34. The number of hydrogen-bond acceptors (Lipinski definition) is 3. The van der Waals surface area contributed by atoms with Gasteiger partial charge < -0.3 is 10.1 Å². The summed E-state index contributed by atoms with van der Waals surface area (Å²) in [6.45, 7) is 0. The number of methoxy groups -OCH3 is 1. The fourth-order valence-electron chi connectivity index (χ4n) is 2.59. The first-order valence-corrected chi connectivity index (χ1v) is 9.22. The van der Waals surface area contributed by atoms with Crippen molar-refractivity contribution in [1.82, 2.24) is 0 Å². The number of alkyl halides is 3. The predicted molar refractivity (Wildman–Crippen MR) is 115 cm³/mol. The number of aliphatic imine (C=N–C) groups is 1. The molecule has 0 aromatic heterocycles. The summed E-state index contributed by atoms with van der Waals surface area (Å²) in [6.07, 6.45) is 1.26. The maximum atomic E-state index is 14.2. The van der Waals surface area contributed by atoms with E-state index < -0.39 is 11.1 Å². The molecule has 0 amide bonds. The van der Waals surface area contributed by atoms with Crippen LogP contribution in [0.4, 0.5) is 20.2 Å². The molecule has 3 aromatic rings. The van der Waals surface area contributed by atoms with Gasteiger partial charge in [-0.25, -0.2) is 4.99 Å². The summed E-state index contributed by atoms with van der Waals surface area (Å²) in [5.74, 6) is 0.620. The molecule has 0 saturated carbocycles. The SMILES string of the molecule is COc1ccc(N/C(=C/C(=Nc2ccccc2)c2ccccc2)C(F)(F)Cl)cc1. The van der Waals surface area contributed by atoms with Crippen molar-refractivity contribution >= 4 is 28.7 Å². The third-order valence-corrected chi connectivity index (χ3v) is 4.23. The van der Waals surface area contributed by atoms with Crippen molar-refractivity contribution in [3.8, 4) is 5.75 Å². The van der Waals surface area contributed by atoms with Gasteiger partial charge in [0.1, 0.15) is 11.4 Å². The predicted octanol–water partition coefficient (Wildman–Crippen LogP) is 6.64. The van der Waals surface area contributed by atoms with Crippen molar-refractivity contribution in [1.29, 1.82) is 0 Å². The monoisotopic (exact) mass is 412 g/mol. The van der Waals surface area contributed by atoms with E-state index in [4.69, 9.17) is 16.3 Å². The first kappa shape index (κ1) is 20.6. The number of benzene rings is 3. The van der Waals surface area contributed by atoms with Crippen molar-refractivity contribution in [2.45, 2.75) is 5.38 Å². The van der Waals surface area contributed by atoms with Gasteiger partial charge in [-0.2, -0.15) is 8.78 Å². The van der Waals surface area contributed by atoms with E-state index >= 15 is 0 Å². The summed E-state index contributed by atoms with van der Waals surface area (Å²) in [5, 5.41) is -0.920. The zero-order chi connectivity index (χ0) is 20.7. The minimum Gasteiger partial charge on any atom is -0.497 e. The van der Waals surface area contributed by atoms with E-state index in [0.717, 1.165) is 0 Å². The number of nitrogens with zero attached hydrogens (tertiary/aromatic N) is 1. The molecule has 29 heavy (non-hydrogen) atoms. The van der Waals surface area contributed by atoms with Crippen molar-refractivity contribution in [2.24, 2.45) is 4.99 Å². The maximum Gasteiger partial charge on any atom is 0.362 e. The normalized spacial score (nSPS) is 12.6. The molecule has 148 valence electrons. The highest BCUT2D eigenvalue weighted by atomic mass is 35.5. The van der Waals surface area contributed by atoms with Gasteiger partial charge in [-0.05, 0) is 54.1 Å². The molecule has 0 spiro atoms. The third kappa shape index (κ3) is 5.90. The molecule has 0 aliphatic heterocycles. The van der Waals surface area contributed by atoms with E-state index in [-0.39, 0.29) is 0 Å². The molecule has 3 rings (SSSR count). The van der Waals surface area contributed by atoms with Crippen molar-refractivity contribution in [3.63, 3.8) is 0 Å². The number of allylic oxidation sites excluding steroid dienone is 2. The van der Waals surface area contributed by atoms with Crippen LogP contribution in [0.3, 0.4) is 0 Å². The fraction of sp³-hybridized carbons (Fsp3) is 0.0870. The van der Waals surface area contributed by atoms with E-state index in [1.54, 1.807) is 48.5 Å². The van der Waals surface area contributed by atoms with Crippen molar-refractivity contribution in [3.05, 3.63) is 102 Å². The van der Waals surface area contributed by atoms with Crippen LogP contribution in [0.5, 0.6) is 5.75 Å². The highest BCUT2D eigenvalue weighted by Gasteiger charge is 2.32. The van der Waals surface area contributed by atoms with E-state index in [1.165, 1.54) is 13.2 Å². The summed E-state index contributed by atoms with van der Waals surface area (Å²) >= 11 is 5.40. The summed E-state index contributed by atoms with van der Waals surface area (Å²) in [6, 6.07) is 24.8. The Labute approximate surface area is 173 Å². The van der Waals surface area contributed by atoms with Crippen molar-refractivity contribution in [2.75, 3.05) is 12.4 Å². The Morgan fingerprint density at radius 3 is 2.07 bits per heavy atom. The van der Waals surface area contributed by atoms with Crippen LogP contribution in [0.2, 0.25) is 0 Å². The van der Waals surface area contributed by atoms with Crippen LogP contribution < -0.4 is 10.1 Å². The van der Waals surface area contributed by atoms with Gasteiger partial charge >= 0.3 is 5.38 Å². The summed E-state index contributed by atoms with van der Waals surface area (Å²) in [7, 11) is 1.53. The van der Waals surface area contributed by atoms with Crippen LogP contribution >= 0.6 is 11.6 Å². The number of ether oxygens (including phenoxy) is 1. The highest BCUT2D eigenvalue weighted by molar-refractivity contribution is 6.24. The van der Waals surface area contributed by atoms with E-state index in [1.807, 2.05) is 36.4 Å². The highest BCUT2D eigenvalue weighted by Crippen LogP contribution is 2.31. The van der Waals surface area contributed by atoms with Gasteiger partial charge in [0.25, 0.3) is 0 Å². The molecule has 1 N–H and O–H groups in total. The Morgan fingerprint density at radius 1 is 0.931 bits per heavy atom. The van der Waals surface area contributed by atoms with Gasteiger partial charge in [0, 0.05) is 11.3 Å². The van der Waals surface area contributed by atoms with Crippen LogP contribution in [0.15, 0.2) is 102 Å². The number of hydrogen-bond donors (Lipinski definition) is 1. The Morgan fingerprint density at radius 2 is 1.52 bits per heavy atom. The van der Waals surface area contributed by atoms with Gasteiger partial charge in [-0.15, -0.1) is 0 Å². The van der Waals surface area contributed by atoms with Crippen LogP contribution in [0, 0.1) is 0 Å². The smallest absolute Gasteiger partial charge is 0.362 e. The molecule has 0 heterocycles. The van der Waals surface area contributed by atoms with Gasteiger partial charge in [0.05, 0.1) is 18.5 Å². The molecule has 0 unspecified atom stereocenters. The average molecular weight is 413 g/mol. The third-order valence-electron chi connectivity index (χ3n) is 4.03. The maximum absolute atomic E-state index is 14.2. The Balaban J connectivity index is 2.04. The second-order valence-electron chi connectivity index (χ2n) is 6.11. The number of halogens is 3. The standard InChI is InChI=1S/C23H19ClF2N2O/c1-29-20-14-12-19(13-15-20)28-22(23(24,25)26)16-21(17-8-4-2-5-9-17)27-18-10-6-3-7-11-18/h2-16,28H,1H3/b22-16+,27-21?. The lowest BCUT2D eigenvalue weighted by Crippen LogP contribution is -2.19. The largest absolute Gasteiger partial charge is 0.497 e. The molecular formula is C23H19ClF2N2O. The van der Waals surface area contributed by atoms with Crippen LogP contribution in [-0.2, 0) is 0 Å². The molecular weight excluding hydrogens is 394 g/mol. The molecule has 0 radical (unpaired) electrons. The minimum atomic E-state index is -3.62. The Bertz CT molecular complexity index is 983. The minimum absolute atomic E-state index is 0.355. The number of anilines is 1. The molecule has 0 fully saturated rings. The zero-order valence-corrected chi connectivity index (χ0v) is 16.4. The lowest BCUT2D eigenvalue weighted by atomic mass is 10.1. The molecule has 3 nitrogen and oxygen atoms in total. The number of rotatable bonds is 7. The van der Waals surface area contributed by atoms with Crippen LogP contribution in [-0.4, -0.2) is 18.2 Å². The van der Waals surface area contributed by atoms with E-state index in [2.05, 4.69) is 10.3 Å². The molecule has 3 aromatic carbocycles. The topological polar surface area (TPSA) is 33.6 Å². The van der Waals surface area contributed by atoms with Crippen molar-refractivity contribution < 1.29 is 13.5 Å². The molecule has 0 saturated heterocycles. The van der Waals surface area contributed by atoms with Gasteiger partial charge in [0.2, 0.25) is 0 Å². The van der Waals surface area contributed by atoms with Crippen LogP contribution in [0.25, 0.3) is 0 Å². The summed E-state index contributed by atoms with van der Waals surface area (Å²) < 4.78 is 33.5. The second-order valence-corrected chi connectivity index (χ2v) is 6.58. The fourth-order valence-corrected chi connectivity index (χ4v) is 2.69. The molecule has 0 bridgehead atoms. The lowest BCUT2D eigenvalue weighted by Gasteiger charge is -2.17. The van der Waals surface area contributed by atoms with E-state index in [0.29, 0.717) is 28.4 Å². The first-order valence-electron chi connectivity index (χ1n) is 8.85. The van der Waals surface area contributed by atoms with E-state index in [9.17, 15) is 8.78 Å². The molecule has 6 heteroatoms. The van der Waals surface area contributed by atoms with Gasteiger partial charge in [-0.1, -0.05) is 48.5 Å². The quantitative estimate of drug-likeness (QED) is 0.348. The summed E-state index contributed by atoms with van der Waals surface area (Å²) in [5.41, 5.74) is 1.65. The Hall–Kier alpha value is -3.18. The number of nitrogens with one attached hydrogen (secondary N) is 1. The van der Waals surface area contributed by atoms with Crippen LogP contribution in [0.1, 0.15) is 5.56 Å².